The first-order chi connectivity index (χ1) is 7.40. The highest BCUT2D eigenvalue weighted by Crippen LogP contribution is 2.25. The van der Waals surface area contributed by atoms with Gasteiger partial charge in [-0.1, -0.05) is 39.0 Å². The monoisotopic (exact) mass is 220 g/mol. The van der Waals surface area contributed by atoms with E-state index < -0.39 is 0 Å². The summed E-state index contributed by atoms with van der Waals surface area (Å²) in [6, 6.07) is 6.73. The van der Waals surface area contributed by atoms with Crippen molar-refractivity contribution in [2.75, 3.05) is 14.1 Å². The summed E-state index contributed by atoms with van der Waals surface area (Å²) in [6.45, 7) is 8.91. The fourth-order valence-electron chi connectivity index (χ4n) is 1.92. The smallest absolute Gasteiger partial charge is 0.0833 e. The summed E-state index contributed by atoms with van der Waals surface area (Å²) in [6.07, 6.45) is 0.231. The lowest BCUT2D eigenvalue weighted by Crippen LogP contribution is -2.29. The zero-order valence-electron chi connectivity index (χ0n) is 11.3. The van der Waals surface area contributed by atoms with Gasteiger partial charge in [0.1, 0.15) is 0 Å². The Morgan fingerprint density at radius 1 is 1.06 bits per heavy atom. The van der Waals surface area contributed by atoms with Gasteiger partial charge in [0.2, 0.25) is 0 Å². The Labute approximate surface area is 99.5 Å². The molecule has 2 N–H and O–H groups in total. The van der Waals surface area contributed by atoms with Crippen LogP contribution in [-0.4, -0.2) is 14.1 Å². The molecule has 0 heterocycles. The molecule has 1 rings (SSSR count). The Kier molecular flexibility index (Phi) is 4.11. The second kappa shape index (κ2) is 4.98. The van der Waals surface area contributed by atoms with Crippen LogP contribution in [-0.2, 0) is 5.41 Å². The average molecular weight is 220 g/mol. The first-order valence-corrected chi connectivity index (χ1v) is 5.85. The van der Waals surface area contributed by atoms with Crippen molar-refractivity contribution >= 4 is 0 Å². The second-order valence-electron chi connectivity index (χ2n) is 5.33. The summed E-state index contributed by atoms with van der Waals surface area (Å²) in [5.41, 5.74) is 4.26. The van der Waals surface area contributed by atoms with Crippen LogP contribution >= 0.6 is 0 Å². The van der Waals surface area contributed by atoms with Crippen LogP contribution in [0.5, 0.6) is 0 Å². The van der Waals surface area contributed by atoms with Crippen LogP contribution < -0.4 is 10.6 Å². The normalized spacial score (nSPS) is 12.2. The third kappa shape index (κ3) is 2.83. The zero-order valence-corrected chi connectivity index (χ0v) is 11.3. The van der Waals surface area contributed by atoms with E-state index in [2.05, 4.69) is 56.5 Å². The maximum absolute atomic E-state index is 3.26. The van der Waals surface area contributed by atoms with Crippen LogP contribution in [0.2, 0.25) is 0 Å². The van der Waals surface area contributed by atoms with E-state index in [0.717, 1.165) is 0 Å². The van der Waals surface area contributed by atoms with Gasteiger partial charge >= 0.3 is 0 Å². The molecule has 1 aromatic carbocycles. The van der Waals surface area contributed by atoms with Crippen molar-refractivity contribution in [2.45, 2.75) is 39.3 Å². The van der Waals surface area contributed by atoms with Gasteiger partial charge in [-0.15, -0.1) is 0 Å². The van der Waals surface area contributed by atoms with Gasteiger partial charge in [-0.2, -0.15) is 0 Å². The molecule has 90 valence electrons. The minimum Gasteiger partial charge on any atom is -0.301 e. The summed E-state index contributed by atoms with van der Waals surface area (Å²) in [5, 5.41) is 6.51. The lowest BCUT2D eigenvalue weighted by Gasteiger charge is -2.23. The van der Waals surface area contributed by atoms with E-state index in [1.165, 1.54) is 16.7 Å². The van der Waals surface area contributed by atoms with Crippen molar-refractivity contribution in [3.63, 3.8) is 0 Å². The topological polar surface area (TPSA) is 24.1 Å². The zero-order chi connectivity index (χ0) is 12.3. The van der Waals surface area contributed by atoms with Gasteiger partial charge in [0.05, 0.1) is 6.17 Å². The summed E-state index contributed by atoms with van der Waals surface area (Å²) >= 11 is 0. The summed E-state index contributed by atoms with van der Waals surface area (Å²) in [4.78, 5) is 0. The summed E-state index contributed by atoms with van der Waals surface area (Å²) in [5.74, 6) is 0. The van der Waals surface area contributed by atoms with E-state index in [9.17, 15) is 0 Å². The van der Waals surface area contributed by atoms with Crippen molar-refractivity contribution in [3.05, 3.63) is 34.9 Å². The van der Waals surface area contributed by atoms with Gasteiger partial charge in [-0.05, 0) is 43.1 Å². The van der Waals surface area contributed by atoms with Crippen molar-refractivity contribution in [3.8, 4) is 0 Å². The predicted molar refractivity (Wildman–Crippen MR) is 70.7 cm³/mol. The largest absolute Gasteiger partial charge is 0.301 e. The van der Waals surface area contributed by atoms with Gasteiger partial charge < -0.3 is 10.6 Å². The molecule has 0 saturated heterocycles. The first-order valence-electron chi connectivity index (χ1n) is 5.85. The highest BCUT2D eigenvalue weighted by molar-refractivity contribution is 5.36. The Bertz CT molecular complexity index is 346. The Morgan fingerprint density at radius 2 is 1.62 bits per heavy atom. The lowest BCUT2D eigenvalue weighted by atomic mass is 9.85. The fraction of sp³-hybridized carbons (Fsp3) is 0.571. The van der Waals surface area contributed by atoms with Crippen LogP contribution in [0.4, 0.5) is 0 Å². The molecule has 0 bridgehead atoms. The van der Waals surface area contributed by atoms with E-state index in [1.54, 1.807) is 0 Å². The molecule has 0 aliphatic carbocycles. The molecule has 2 heteroatoms. The van der Waals surface area contributed by atoms with Crippen LogP contribution in [0.1, 0.15) is 43.6 Å². The molecule has 0 radical (unpaired) electrons. The van der Waals surface area contributed by atoms with Crippen molar-refractivity contribution < 1.29 is 0 Å². The molecule has 16 heavy (non-hydrogen) atoms. The van der Waals surface area contributed by atoms with E-state index in [1.807, 2.05) is 14.1 Å². The van der Waals surface area contributed by atoms with E-state index in [-0.39, 0.29) is 11.6 Å². The van der Waals surface area contributed by atoms with Crippen molar-refractivity contribution in [2.24, 2.45) is 0 Å². The number of hydrogen-bond donors (Lipinski definition) is 2. The molecule has 0 amide bonds. The standard InChI is InChI=1S/C14H24N2/c1-10-9-11(14(2,3)4)7-8-12(10)13(15-5)16-6/h7-9,13,15-16H,1-6H3. The van der Waals surface area contributed by atoms with Crippen LogP contribution in [0.25, 0.3) is 0 Å². The first kappa shape index (κ1) is 13.2. The molecule has 2 nitrogen and oxygen atoms in total. The number of benzene rings is 1. The van der Waals surface area contributed by atoms with Gasteiger partial charge in [0, 0.05) is 0 Å². The SMILES string of the molecule is CNC(NC)c1ccc(C(C)(C)C)cc1C. The van der Waals surface area contributed by atoms with Gasteiger partial charge in [-0.25, -0.2) is 0 Å². The maximum atomic E-state index is 3.26. The highest BCUT2D eigenvalue weighted by Gasteiger charge is 2.16. The number of aryl methyl sites for hydroxylation is 1. The summed E-state index contributed by atoms with van der Waals surface area (Å²) < 4.78 is 0. The summed E-state index contributed by atoms with van der Waals surface area (Å²) in [7, 11) is 3.94. The molecule has 0 spiro atoms. The van der Waals surface area contributed by atoms with Crippen molar-refractivity contribution in [1.82, 2.24) is 10.6 Å². The average Bonchev–Trinajstić information content (AvgIpc) is 2.20. The van der Waals surface area contributed by atoms with Gasteiger partial charge in [0.15, 0.2) is 0 Å². The molecular formula is C14H24N2. The molecule has 0 atom stereocenters. The number of nitrogens with one attached hydrogen (secondary N) is 2. The quantitative estimate of drug-likeness (QED) is 0.765. The molecule has 0 aliphatic rings. The Hall–Kier alpha value is -0.860. The minimum absolute atomic E-state index is 0.220. The van der Waals surface area contributed by atoms with Crippen LogP contribution in [0.3, 0.4) is 0 Å². The lowest BCUT2D eigenvalue weighted by molar-refractivity contribution is 0.516. The minimum atomic E-state index is 0.220. The third-order valence-corrected chi connectivity index (χ3v) is 3.02. The number of rotatable bonds is 3. The molecule has 0 fully saturated rings. The molecular weight excluding hydrogens is 196 g/mol. The molecule has 1 aromatic rings. The van der Waals surface area contributed by atoms with Crippen LogP contribution in [0, 0.1) is 6.92 Å². The molecule has 0 saturated carbocycles. The fourth-order valence-corrected chi connectivity index (χ4v) is 1.92. The number of hydrogen-bond acceptors (Lipinski definition) is 2. The molecule has 0 aromatic heterocycles. The van der Waals surface area contributed by atoms with E-state index >= 15 is 0 Å². The van der Waals surface area contributed by atoms with Crippen molar-refractivity contribution in [1.29, 1.82) is 0 Å². The van der Waals surface area contributed by atoms with Gasteiger partial charge in [-0.3, -0.25) is 0 Å². The Morgan fingerprint density at radius 3 is 2.00 bits per heavy atom. The molecule has 0 unspecified atom stereocenters. The van der Waals surface area contributed by atoms with E-state index in [4.69, 9.17) is 0 Å². The second-order valence-corrected chi connectivity index (χ2v) is 5.33. The Balaban J connectivity index is 3.09. The van der Waals surface area contributed by atoms with Gasteiger partial charge in [0.25, 0.3) is 0 Å². The molecule has 0 aliphatic heterocycles. The predicted octanol–water partition coefficient (Wildman–Crippen LogP) is 2.73. The van der Waals surface area contributed by atoms with E-state index in [0.29, 0.717) is 0 Å². The maximum Gasteiger partial charge on any atom is 0.0833 e. The highest BCUT2D eigenvalue weighted by atomic mass is 15.1. The van der Waals surface area contributed by atoms with Crippen LogP contribution in [0.15, 0.2) is 18.2 Å². The third-order valence-electron chi connectivity index (χ3n) is 3.02.